The molecule has 0 radical (unpaired) electrons. The lowest BCUT2D eigenvalue weighted by molar-refractivity contribution is -0.121. The van der Waals surface area contributed by atoms with Crippen molar-refractivity contribution >= 4 is 50.9 Å². The van der Waals surface area contributed by atoms with Gasteiger partial charge in [-0.15, -0.1) is 0 Å². The normalized spacial score (nSPS) is 22.8. The predicted molar refractivity (Wildman–Crippen MR) is 110 cm³/mol. The predicted octanol–water partition coefficient (Wildman–Crippen LogP) is 1.41. The third-order valence-electron chi connectivity index (χ3n) is 4.96. The third kappa shape index (κ3) is 4.47. The number of urea groups is 1. The fourth-order valence-electron chi connectivity index (χ4n) is 3.48. The van der Waals surface area contributed by atoms with Crippen LogP contribution in [0.3, 0.4) is 0 Å². The zero-order valence-corrected chi connectivity index (χ0v) is 17.9. The summed E-state index contributed by atoms with van der Waals surface area (Å²) in [6.07, 6.45) is 0.939. The van der Waals surface area contributed by atoms with Gasteiger partial charge >= 0.3 is 6.03 Å². The Morgan fingerprint density at radius 1 is 1.37 bits per heavy atom. The summed E-state index contributed by atoms with van der Waals surface area (Å²) in [5.41, 5.74) is 0.363. The molecule has 0 aromatic heterocycles. The molecule has 1 aromatic carbocycles. The van der Waals surface area contributed by atoms with Gasteiger partial charge < -0.3 is 10.1 Å². The van der Waals surface area contributed by atoms with Gasteiger partial charge in [-0.05, 0) is 38.0 Å². The van der Waals surface area contributed by atoms with Crippen molar-refractivity contribution in [3.8, 4) is 5.75 Å². The summed E-state index contributed by atoms with van der Waals surface area (Å²) in [6.45, 7) is 1.41. The fraction of sp³-hybridized carbons (Fsp3) is 0.444. The highest BCUT2D eigenvalue weighted by molar-refractivity contribution is 7.91. The number of imide groups is 1. The van der Waals surface area contributed by atoms with Crippen LogP contribution in [0, 0.1) is 5.92 Å². The highest BCUT2D eigenvalue weighted by Crippen LogP contribution is 2.28. The van der Waals surface area contributed by atoms with Gasteiger partial charge in [0, 0.05) is 24.5 Å². The summed E-state index contributed by atoms with van der Waals surface area (Å²) >= 11 is 6.07. The van der Waals surface area contributed by atoms with Crippen LogP contribution in [0.2, 0.25) is 5.02 Å². The standard InChI is InChI=1S/C18H21ClN4O6S/c1-10-15(17(25)22-18(26)20-10)30(27,28)23-7-3-4-11(9-23)16(24)21-12-5-6-14(29-2)13(19)8-12/h5-6,8,11,15H,3-4,7,9H2,1-2H3,(H,21,24)(H,22,25,26). The number of sulfonamides is 1. The number of aliphatic imine (C=N–C) groups is 1. The first-order valence-electron chi connectivity index (χ1n) is 9.17. The van der Waals surface area contributed by atoms with Crippen LogP contribution in [0.15, 0.2) is 23.2 Å². The number of benzene rings is 1. The molecule has 2 aliphatic rings. The second-order valence-electron chi connectivity index (χ2n) is 7.01. The minimum atomic E-state index is -4.14. The summed E-state index contributed by atoms with van der Waals surface area (Å²) in [6, 6.07) is 3.89. The van der Waals surface area contributed by atoms with Crippen LogP contribution in [0.25, 0.3) is 0 Å². The van der Waals surface area contributed by atoms with Crippen molar-refractivity contribution in [3.63, 3.8) is 0 Å². The minimum absolute atomic E-state index is 0.0803. The fourth-order valence-corrected chi connectivity index (χ4v) is 5.62. The van der Waals surface area contributed by atoms with Crippen LogP contribution in [0.5, 0.6) is 5.75 Å². The number of hydrogen-bond donors (Lipinski definition) is 2. The first-order chi connectivity index (χ1) is 14.1. The topological polar surface area (TPSA) is 134 Å². The van der Waals surface area contributed by atoms with Gasteiger partial charge in [0.05, 0.1) is 18.1 Å². The number of hydrogen-bond acceptors (Lipinski definition) is 6. The largest absolute Gasteiger partial charge is 0.495 e. The first kappa shape index (κ1) is 22.2. The lowest BCUT2D eigenvalue weighted by atomic mass is 9.98. The number of carbonyl (C=O) groups excluding carboxylic acids is 3. The Hall–Kier alpha value is -2.50. The molecule has 2 aliphatic heterocycles. The van der Waals surface area contributed by atoms with Gasteiger partial charge in [0.15, 0.2) is 5.25 Å². The third-order valence-corrected chi connectivity index (χ3v) is 7.46. The maximum atomic E-state index is 13.0. The summed E-state index contributed by atoms with van der Waals surface area (Å²) < 4.78 is 32.2. The molecule has 30 heavy (non-hydrogen) atoms. The van der Waals surface area contributed by atoms with Crippen LogP contribution in [-0.2, 0) is 19.6 Å². The van der Waals surface area contributed by atoms with Crippen molar-refractivity contribution in [1.82, 2.24) is 9.62 Å². The monoisotopic (exact) mass is 456 g/mol. The lowest BCUT2D eigenvalue weighted by Gasteiger charge is -2.34. The molecule has 0 saturated carbocycles. The number of amides is 4. The zero-order chi connectivity index (χ0) is 22.1. The van der Waals surface area contributed by atoms with Gasteiger partial charge in [0.1, 0.15) is 5.75 Å². The quantitative estimate of drug-likeness (QED) is 0.687. The van der Waals surface area contributed by atoms with Gasteiger partial charge in [-0.25, -0.2) is 22.5 Å². The van der Waals surface area contributed by atoms with Gasteiger partial charge in [-0.2, -0.15) is 0 Å². The molecule has 0 bridgehead atoms. The molecule has 4 amide bonds. The average molecular weight is 457 g/mol. The highest BCUT2D eigenvalue weighted by atomic mass is 35.5. The molecule has 12 heteroatoms. The second-order valence-corrected chi connectivity index (χ2v) is 9.43. The minimum Gasteiger partial charge on any atom is -0.495 e. The Morgan fingerprint density at radius 3 is 2.73 bits per heavy atom. The Balaban J connectivity index is 1.74. The van der Waals surface area contributed by atoms with E-state index in [1.807, 2.05) is 5.32 Å². The number of halogens is 1. The van der Waals surface area contributed by atoms with E-state index >= 15 is 0 Å². The van der Waals surface area contributed by atoms with Crippen LogP contribution in [-0.4, -0.2) is 61.7 Å². The second kappa shape index (κ2) is 8.70. The summed E-state index contributed by atoms with van der Waals surface area (Å²) in [7, 11) is -2.66. The molecule has 1 aromatic rings. The van der Waals surface area contributed by atoms with Crippen molar-refractivity contribution in [2.24, 2.45) is 10.9 Å². The SMILES string of the molecule is COc1ccc(NC(=O)C2CCCN(S(=O)(=O)C3C(=O)NC(=O)N=C3C)C2)cc1Cl. The number of nitrogens with one attached hydrogen (secondary N) is 2. The molecule has 2 N–H and O–H groups in total. The maximum Gasteiger partial charge on any atom is 0.347 e. The van der Waals surface area contributed by atoms with Gasteiger partial charge in [0.25, 0.3) is 5.91 Å². The van der Waals surface area contributed by atoms with Gasteiger partial charge in [0.2, 0.25) is 15.9 Å². The molecular weight excluding hydrogens is 436 g/mol. The smallest absolute Gasteiger partial charge is 0.347 e. The van der Waals surface area contributed by atoms with Gasteiger partial charge in [-0.1, -0.05) is 11.6 Å². The van der Waals surface area contributed by atoms with E-state index in [0.717, 1.165) is 4.31 Å². The molecule has 10 nitrogen and oxygen atoms in total. The molecule has 2 atom stereocenters. The molecule has 2 heterocycles. The van der Waals surface area contributed by atoms with Crippen molar-refractivity contribution < 1.29 is 27.5 Å². The number of methoxy groups -OCH3 is 1. The number of carbonyl (C=O) groups is 3. The number of piperidine rings is 1. The molecule has 0 aliphatic carbocycles. The van der Waals surface area contributed by atoms with E-state index in [-0.39, 0.29) is 24.7 Å². The van der Waals surface area contributed by atoms with Crippen molar-refractivity contribution in [1.29, 1.82) is 0 Å². The number of ether oxygens (including phenoxy) is 1. The Morgan fingerprint density at radius 2 is 2.10 bits per heavy atom. The maximum absolute atomic E-state index is 13.0. The molecule has 2 unspecified atom stereocenters. The van der Waals surface area contributed by atoms with Crippen LogP contribution in [0.1, 0.15) is 19.8 Å². The lowest BCUT2D eigenvalue weighted by Crippen LogP contribution is -2.56. The summed E-state index contributed by atoms with van der Waals surface area (Å²) in [5, 5.41) is 3.39. The molecule has 0 spiro atoms. The molecule has 3 rings (SSSR count). The number of rotatable bonds is 5. The van der Waals surface area contributed by atoms with E-state index in [0.29, 0.717) is 29.3 Å². The summed E-state index contributed by atoms with van der Waals surface area (Å²) in [4.78, 5) is 39.7. The van der Waals surface area contributed by atoms with E-state index in [9.17, 15) is 22.8 Å². The molecule has 162 valence electrons. The summed E-state index contributed by atoms with van der Waals surface area (Å²) in [5.74, 6) is -1.44. The molecule has 1 saturated heterocycles. The zero-order valence-electron chi connectivity index (χ0n) is 16.3. The Labute approximate surface area is 178 Å². The van der Waals surface area contributed by atoms with Crippen LogP contribution >= 0.6 is 11.6 Å². The van der Waals surface area contributed by atoms with E-state index < -0.39 is 33.1 Å². The Bertz CT molecular complexity index is 1030. The van der Waals surface area contributed by atoms with E-state index in [1.54, 1.807) is 18.2 Å². The van der Waals surface area contributed by atoms with Crippen molar-refractivity contribution in [2.75, 3.05) is 25.5 Å². The van der Waals surface area contributed by atoms with E-state index in [4.69, 9.17) is 16.3 Å². The van der Waals surface area contributed by atoms with Crippen molar-refractivity contribution in [3.05, 3.63) is 23.2 Å². The Kier molecular flexibility index (Phi) is 6.44. The van der Waals surface area contributed by atoms with E-state index in [1.165, 1.54) is 14.0 Å². The van der Waals surface area contributed by atoms with Crippen molar-refractivity contribution in [2.45, 2.75) is 25.0 Å². The number of nitrogens with zero attached hydrogens (tertiary/aromatic N) is 2. The molecular formula is C18H21ClN4O6S. The van der Waals surface area contributed by atoms with Crippen LogP contribution in [0.4, 0.5) is 10.5 Å². The van der Waals surface area contributed by atoms with Gasteiger partial charge in [-0.3, -0.25) is 14.9 Å². The number of anilines is 1. The first-order valence-corrected chi connectivity index (χ1v) is 11.0. The highest BCUT2D eigenvalue weighted by Gasteiger charge is 2.44. The average Bonchev–Trinajstić information content (AvgIpc) is 2.67. The molecule has 1 fully saturated rings. The van der Waals surface area contributed by atoms with Crippen LogP contribution < -0.4 is 15.4 Å². The van der Waals surface area contributed by atoms with E-state index in [2.05, 4.69) is 10.3 Å².